The maximum absolute atomic E-state index is 12.5. The molecule has 0 heterocycles. The highest BCUT2D eigenvalue weighted by Gasteiger charge is 2.18. The first kappa shape index (κ1) is 19.7. The molecule has 2 aromatic carbocycles. The summed E-state index contributed by atoms with van der Waals surface area (Å²) in [6.45, 7) is 5.51. The average Bonchev–Trinajstić information content (AvgIpc) is 2.65. The Morgan fingerprint density at radius 3 is 2.42 bits per heavy atom. The van der Waals surface area contributed by atoms with Crippen molar-refractivity contribution in [1.82, 2.24) is 10.0 Å². The number of sulfonamides is 1. The molecule has 7 heteroatoms. The first-order valence-electron chi connectivity index (χ1n) is 8.10. The second-order valence-corrected chi connectivity index (χ2v) is 7.32. The number of amides is 1. The van der Waals surface area contributed by atoms with Crippen LogP contribution in [0.15, 0.2) is 72.1 Å². The quantitative estimate of drug-likeness (QED) is 0.660. The molecule has 0 radical (unpaired) electrons. The minimum Gasteiger partial charge on any atom is -0.484 e. The summed E-state index contributed by atoms with van der Waals surface area (Å²) in [6.07, 6.45) is 1.57. The van der Waals surface area contributed by atoms with Crippen LogP contribution in [0.1, 0.15) is 18.5 Å². The van der Waals surface area contributed by atoms with Gasteiger partial charge in [0.25, 0.3) is 5.91 Å². The first-order valence-corrected chi connectivity index (χ1v) is 9.58. The summed E-state index contributed by atoms with van der Waals surface area (Å²) in [6, 6.07) is 14.9. The largest absolute Gasteiger partial charge is 0.484 e. The molecular weight excluding hydrogens is 352 g/mol. The molecule has 0 spiro atoms. The lowest BCUT2D eigenvalue weighted by Gasteiger charge is -2.15. The highest BCUT2D eigenvalue weighted by atomic mass is 32.2. The molecule has 0 fully saturated rings. The minimum atomic E-state index is -3.66. The zero-order chi connectivity index (χ0) is 19.0. The zero-order valence-corrected chi connectivity index (χ0v) is 15.3. The van der Waals surface area contributed by atoms with E-state index in [0.29, 0.717) is 12.3 Å². The fourth-order valence-corrected chi connectivity index (χ4v) is 3.44. The predicted octanol–water partition coefficient (Wildman–Crippen LogP) is 2.41. The Hall–Kier alpha value is -2.64. The van der Waals surface area contributed by atoms with Crippen LogP contribution in [-0.4, -0.2) is 27.5 Å². The summed E-state index contributed by atoms with van der Waals surface area (Å²) in [7, 11) is -3.66. The van der Waals surface area contributed by atoms with Gasteiger partial charge in [-0.3, -0.25) is 4.79 Å². The summed E-state index contributed by atoms with van der Waals surface area (Å²) in [5, 5.41) is 2.59. The van der Waals surface area contributed by atoms with Gasteiger partial charge in [0, 0.05) is 12.6 Å². The molecule has 0 aliphatic carbocycles. The molecule has 0 unspecified atom stereocenters. The van der Waals surface area contributed by atoms with Gasteiger partial charge in [-0.25, -0.2) is 13.1 Å². The molecule has 138 valence electrons. The van der Waals surface area contributed by atoms with Crippen LogP contribution in [0.5, 0.6) is 5.75 Å². The fourth-order valence-electron chi connectivity index (χ4n) is 2.21. The molecule has 1 atom stereocenters. The fraction of sp³-hybridized carbons (Fsp3) is 0.211. The lowest BCUT2D eigenvalue weighted by atomic mass is 10.1. The van der Waals surface area contributed by atoms with E-state index in [9.17, 15) is 13.2 Å². The van der Waals surface area contributed by atoms with Gasteiger partial charge in [0.1, 0.15) is 5.75 Å². The van der Waals surface area contributed by atoms with Crippen LogP contribution in [0, 0.1) is 0 Å². The summed E-state index contributed by atoms with van der Waals surface area (Å²) in [5.74, 6) is 0.133. The number of ether oxygens (including phenoxy) is 1. The van der Waals surface area contributed by atoms with Gasteiger partial charge in [-0.05, 0) is 36.8 Å². The molecule has 2 rings (SSSR count). The number of rotatable bonds is 9. The van der Waals surface area contributed by atoms with Crippen LogP contribution in [-0.2, 0) is 14.8 Å². The van der Waals surface area contributed by atoms with Crippen LogP contribution in [0.25, 0.3) is 0 Å². The van der Waals surface area contributed by atoms with E-state index in [2.05, 4.69) is 16.6 Å². The summed E-state index contributed by atoms with van der Waals surface area (Å²) in [5.41, 5.74) is 0.876. The molecule has 0 saturated carbocycles. The van der Waals surface area contributed by atoms with Crippen molar-refractivity contribution in [2.24, 2.45) is 0 Å². The topological polar surface area (TPSA) is 84.5 Å². The molecule has 0 saturated heterocycles. The lowest BCUT2D eigenvalue weighted by molar-refractivity contribution is -0.122. The molecule has 6 nitrogen and oxygen atoms in total. The van der Waals surface area contributed by atoms with Gasteiger partial charge in [0.05, 0.1) is 4.90 Å². The molecule has 0 aromatic heterocycles. The summed E-state index contributed by atoms with van der Waals surface area (Å²) in [4.78, 5) is 11.6. The predicted molar refractivity (Wildman–Crippen MR) is 100 cm³/mol. The third-order valence-electron chi connectivity index (χ3n) is 3.58. The Morgan fingerprint density at radius 2 is 1.81 bits per heavy atom. The van der Waals surface area contributed by atoms with E-state index in [0.717, 1.165) is 5.56 Å². The van der Waals surface area contributed by atoms with E-state index >= 15 is 0 Å². The van der Waals surface area contributed by atoms with E-state index in [1.54, 1.807) is 13.0 Å². The van der Waals surface area contributed by atoms with Crippen LogP contribution < -0.4 is 14.8 Å². The average molecular weight is 374 g/mol. The van der Waals surface area contributed by atoms with Gasteiger partial charge in [-0.15, -0.1) is 6.58 Å². The number of hydrogen-bond acceptors (Lipinski definition) is 4. The van der Waals surface area contributed by atoms with E-state index in [-0.39, 0.29) is 23.5 Å². The van der Waals surface area contributed by atoms with Crippen LogP contribution >= 0.6 is 0 Å². The van der Waals surface area contributed by atoms with Crippen molar-refractivity contribution >= 4 is 15.9 Å². The highest BCUT2D eigenvalue weighted by Crippen LogP contribution is 2.19. The molecule has 0 aliphatic heterocycles. The standard InChI is InChI=1S/C19H22N2O4S/c1-3-13-20-19(22)14-25-17-9-11-18(12-10-17)26(23,24)21-15(2)16-7-5-4-6-8-16/h3-12,15,21H,1,13-14H2,2H3,(H,20,22)/t15-/m1/s1. The van der Waals surface area contributed by atoms with Crippen molar-refractivity contribution in [2.45, 2.75) is 17.9 Å². The Labute approximate surface area is 153 Å². The summed E-state index contributed by atoms with van der Waals surface area (Å²) >= 11 is 0. The Morgan fingerprint density at radius 1 is 1.15 bits per heavy atom. The van der Waals surface area contributed by atoms with E-state index in [4.69, 9.17) is 4.74 Å². The van der Waals surface area contributed by atoms with Gasteiger partial charge in [-0.2, -0.15) is 0 Å². The maximum atomic E-state index is 12.5. The van der Waals surface area contributed by atoms with Gasteiger partial charge in [0.2, 0.25) is 10.0 Å². The Balaban J connectivity index is 1.97. The molecule has 1 amide bonds. The zero-order valence-electron chi connectivity index (χ0n) is 14.5. The monoisotopic (exact) mass is 374 g/mol. The van der Waals surface area contributed by atoms with Crippen molar-refractivity contribution in [3.63, 3.8) is 0 Å². The van der Waals surface area contributed by atoms with Crippen LogP contribution in [0.2, 0.25) is 0 Å². The van der Waals surface area contributed by atoms with Gasteiger partial charge < -0.3 is 10.1 Å². The van der Waals surface area contributed by atoms with Crippen molar-refractivity contribution in [1.29, 1.82) is 0 Å². The molecular formula is C19H22N2O4S. The van der Waals surface area contributed by atoms with Crippen molar-refractivity contribution in [2.75, 3.05) is 13.2 Å². The van der Waals surface area contributed by atoms with Crippen molar-refractivity contribution in [3.05, 3.63) is 72.8 Å². The third-order valence-corrected chi connectivity index (χ3v) is 5.14. The molecule has 2 N–H and O–H groups in total. The van der Waals surface area contributed by atoms with Gasteiger partial charge >= 0.3 is 0 Å². The van der Waals surface area contributed by atoms with Crippen molar-refractivity contribution < 1.29 is 17.9 Å². The highest BCUT2D eigenvalue weighted by molar-refractivity contribution is 7.89. The van der Waals surface area contributed by atoms with Crippen LogP contribution in [0.4, 0.5) is 0 Å². The molecule has 0 bridgehead atoms. The maximum Gasteiger partial charge on any atom is 0.258 e. The SMILES string of the molecule is C=CCNC(=O)COc1ccc(S(=O)(=O)N[C@H](C)c2ccccc2)cc1. The number of nitrogens with one attached hydrogen (secondary N) is 2. The first-order chi connectivity index (χ1) is 12.4. The van der Waals surface area contributed by atoms with Gasteiger partial charge in [-0.1, -0.05) is 36.4 Å². The number of carbonyl (C=O) groups excluding carboxylic acids is 1. The second-order valence-electron chi connectivity index (χ2n) is 5.61. The number of carbonyl (C=O) groups is 1. The van der Waals surface area contributed by atoms with E-state index in [1.807, 2.05) is 30.3 Å². The van der Waals surface area contributed by atoms with Crippen molar-refractivity contribution in [3.8, 4) is 5.75 Å². The third kappa shape index (κ3) is 5.72. The van der Waals surface area contributed by atoms with E-state index < -0.39 is 10.0 Å². The molecule has 0 aliphatic rings. The normalized spacial score (nSPS) is 12.2. The number of hydrogen-bond donors (Lipinski definition) is 2. The second kappa shape index (κ2) is 9.17. The Bertz CT molecular complexity index is 834. The van der Waals surface area contributed by atoms with Crippen LogP contribution in [0.3, 0.4) is 0 Å². The minimum absolute atomic E-state index is 0.128. The van der Waals surface area contributed by atoms with Gasteiger partial charge in [0.15, 0.2) is 6.61 Å². The Kier molecular flexibility index (Phi) is 6.94. The van der Waals surface area contributed by atoms with E-state index in [1.165, 1.54) is 24.3 Å². The lowest BCUT2D eigenvalue weighted by Crippen LogP contribution is -2.28. The number of benzene rings is 2. The smallest absolute Gasteiger partial charge is 0.258 e. The summed E-state index contributed by atoms with van der Waals surface area (Å²) < 4.78 is 32.9. The molecule has 2 aromatic rings. The molecule has 26 heavy (non-hydrogen) atoms.